The molecule has 21 heavy (non-hydrogen) atoms. The molecule has 0 saturated carbocycles. The quantitative estimate of drug-likeness (QED) is 0.681. The first-order valence-electron chi connectivity index (χ1n) is 6.30. The molecule has 0 spiro atoms. The van der Waals surface area contributed by atoms with Crippen LogP contribution in [-0.4, -0.2) is 39.4 Å². The van der Waals surface area contributed by atoms with Gasteiger partial charge in [-0.15, -0.1) is 0 Å². The minimum absolute atomic E-state index is 0.0498. The minimum Gasteiger partial charge on any atom is -0.480 e. The van der Waals surface area contributed by atoms with Crippen LogP contribution in [-0.2, 0) is 4.79 Å². The van der Waals surface area contributed by atoms with Crippen molar-refractivity contribution in [1.29, 1.82) is 0 Å². The zero-order chi connectivity index (χ0) is 15.7. The van der Waals surface area contributed by atoms with E-state index in [1.165, 1.54) is 17.0 Å². The Bertz CT molecular complexity index is 619. The number of carbonyl (C=O) groups is 2. The summed E-state index contributed by atoms with van der Waals surface area (Å²) in [6.07, 6.45) is 0.565. The monoisotopic (exact) mass is 312 g/mol. The fourth-order valence-corrected chi connectivity index (χ4v) is 2.70. The number of amides is 1. The Morgan fingerprint density at radius 2 is 2.14 bits per heavy atom. The van der Waals surface area contributed by atoms with Crippen LogP contribution >= 0.6 is 11.6 Å². The van der Waals surface area contributed by atoms with E-state index in [-0.39, 0.29) is 28.7 Å². The molecule has 8 heteroatoms. The molecule has 1 aliphatic heterocycles. The zero-order valence-electron chi connectivity index (χ0n) is 11.2. The smallest absolute Gasteiger partial charge is 0.326 e. The molecular formula is C13H13ClN2O5. The summed E-state index contributed by atoms with van der Waals surface area (Å²) in [6.45, 7) is 2.04. The van der Waals surface area contributed by atoms with Gasteiger partial charge in [0.25, 0.3) is 11.6 Å². The van der Waals surface area contributed by atoms with E-state index in [2.05, 4.69) is 0 Å². The van der Waals surface area contributed by atoms with Gasteiger partial charge in [-0.2, -0.15) is 0 Å². The van der Waals surface area contributed by atoms with E-state index in [9.17, 15) is 24.8 Å². The topological polar surface area (TPSA) is 101 Å². The number of hydrogen-bond donors (Lipinski definition) is 1. The van der Waals surface area contributed by atoms with Crippen molar-refractivity contribution >= 4 is 29.2 Å². The van der Waals surface area contributed by atoms with Crippen molar-refractivity contribution in [2.75, 3.05) is 6.54 Å². The number of aliphatic carboxylic acids is 1. The Morgan fingerprint density at radius 1 is 1.48 bits per heavy atom. The highest BCUT2D eigenvalue weighted by Crippen LogP contribution is 2.29. The molecule has 1 aromatic carbocycles. The molecule has 1 aromatic rings. The number of non-ortho nitro benzene ring substituents is 1. The van der Waals surface area contributed by atoms with Crippen LogP contribution < -0.4 is 0 Å². The summed E-state index contributed by atoms with van der Waals surface area (Å²) in [7, 11) is 0. The summed E-state index contributed by atoms with van der Waals surface area (Å²) in [6, 6.07) is 2.60. The standard InChI is InChI=1S/C13H13ClN2O5/c1-7-4-5-15(11(7)13(18)19)12(17)9-6-8(16(20)21)2-3-10(9)14/h2-3,6-7,11H,4-5H2,1H3,(H,18,19). The maximum atomic E-state index is 12.5. The average Bonchev–Trinajstić information content (AvgIpc) is 2.80. The van der Waals surface area contributed by atoms with E-state index < -0.39 is 22.8 Å². The lowest BCUT2D eigenvalue weighted by Gasteiger charge is -2.23. The van der Waals surface area contributed by atoms with Crippen LogP contribution in [0.5, 0.6) is 0 Å². The molecule has 1 aliphatic rings. The van der Waals surface area contributed by atoms with Gasteiger partial charge < -0.3 is 10.0 Å². The second-order valence-electron chi connectivity index (χ2n) is 4.97. The molecule has 2 unspecified atom stereocenters. The van der Waals surface area contributed by atoms with E-state index >= 15 is 0 Å². The van der Waals surface area contributed by atoms with Crippen molar-refractivity contribution in [3.63, 3.8) is 0 Å². The zero-order valence-corrected chi connectivity index (χ0v) is 11.9. The third kappa shape index (κ3) is 2.82. The number of nitrogens with zero attached hydrogens (tertiary/aromatic N) is 2. The van der Waals surface area contributed by atoms with Gasteiger partial charge in [-0.1, -0.05) is 18.5 Å². The molecule has 1 fully saturated rings. The molecule has 2 atom stereocenters. The lowest BCUT2D eigenvalue weighted by molar-refractivity contribution is -0.384. The molecule has 2 rings (SSSR count). The van der Waals surface area contributed by atoms with Gasteiger partial charge in [-0.3, -0.25) is 14.9 Å². The molecule has 0 aliphatic carbocycles. The van der Waals surface area contributed by atoms with E-state index in [1.54, 1.807) is 6.92 Å². The first-order chi connectivity index (χ1) is 9.82. The number of nitro benzene ring substituents is 1. The number of carboxylic acid groups (broad SMARTS) is 1. The lowest BCUT2D eigenvalue weighted by atomic mass is 10.0. The Kier molecular flexibility index (Phi) is 4.13. The summed E-state index contributed by atoms with van der Waals surface area (Å²) in [5, 5.41) is 20.1. The van der Waals surface area contributed by atoms with E-state index in [4.69, 9.17) is 11.6 Å². The maximum Gasteiger partial charge on any atom is 0.326 e. The van der Waals surface area contributed by atoms with Crippen molar-refractivity contribution in [2.45, 2.75) is 19.4 Å². The van der Waals surface area contributed by atoms with Gasteiger partial charge in [-0.05, 0) is 18.4 Å². The van der Waals surface area contributed by atoms with E-state index in [0.717, 1.165) is 6.07 Å². The van der Waals surface area contributed by atoms with Gasteiger partial charge >= 0.3 is 5.97 Å². The summed E-state index contributed by atoms with van der Waals surface area (Å²) in [4.78, 5) is 35.1. The molecule has 0 aromatic heterocycles. The van der Waals surface area contributed by atoms with Crippen LogP contribution in [0.1, 0.15) is 23.7 Å². The highest BCUT2D eigenvalue weighted by atomic mass is 35.5. The highest BCUT2D eigenvalue weighted by Gasteiger charge is 2.40. The van der Waals surface area contributed by atoms with Crippen LogP contribution in [0, 0.1) is 16.0 Å². The van der Waals surface area contributed by atoms with Crippen molar-refractivity contribution in [3.8, 4) is 0 Å². The number of halogens is 1. The Hall–Kier alpha value is -2.15. The van der Waals surface area contributed by atoms with Gasteiger partial charge in [0.2, 0.25) is 0 Å². The van der Waals surface area contributed by atoms with Crippen LogP contribution in [0.3, 0.4) is 0 Å². The summed E-state index contributed by atoms with van der Waals surface area (Å²) >= 11 is 5.92. The molecule has 0 radical (unpaired) electrons. The predicted molar refractivity (Wildman–Crippen MR) is 74.3 cm³/mol. The van der Waals surface area contributed by atoms with Gasteiger partial charge in [0, 0.05) is 18.7 Å². The van der Waals surface area contributed by atoms with Crippen LogP contribution in [0.15, 0.2) is 18.2 Å². The second-order valence-corrected chi connectivity index (χ2v) is 5.38. The SMILES string of the molecule is CC1CCN(C(=O)c2cc([N+](=O)[O-])ccc2Cl)C1C(=O)O. The number of hydrogen-bond acceptors (Lipinski definition) is 4. The van der Waals surface area contributed by atoms with Crippen LogP contribution in [0.4, 0.5) is 5.69 Å². The molecule has 1 N–H and O–H groups in total. The number of benzene rings is 1. The van der Waals surface area contributed by atoms with Crippen molar-refractivity contribution in [3.05, 3.63) is 38.9 Å². The predicted octanol–water partition coefficient (Wildman–Crippen LogP) is 2.18. The summed E-state index contributed by atoms with van der Waals surface area (Å²) < 4.78 is 0. The molecule has 7 nitrogen and oxygen atoms in total. The highest BCUT2D eigenvalue weighted by molar-refractivity contribution is 6.34. The van der Waals surface area contributed by atoms with E-state index in [0.29, 0.717) is 6.42 Å². The Labute approximate surface area is 125 Å². The fourth-order valence-electron chi connectivity index (χ4n) is 2.50. The largest absolute Gasteiger partial charge is 0.480 e. The molecule has 112 valence electrons. The number of nitro groups is 1. The molecule has 1 heterocycles. The van der Waals surface area contributed by atoms with Gasteiger partial charge in [0.05, 0.1) is 15.5 Å². The second kappa shape index (κ2) is 5.69. The van der Waals surface area contributed by atoms with Gasteiger partial charge in [-0.25, -0.2) is 4.79 Å². The fraction of sp³-hybridized carbons (Fsp3) is 0.385. The molecule has 1 amide bonds. The number of rotatable bonds is 3. The van der Waals surface area contributed by atoms with Crippen molar-refractivity contribution in [1.82, 2.24) is 4.90 Å². The average molecular weight is 313 g/mol. The number of carboxylic acids is 1. The first kappa shape index (κ1) is 15.2. The molecule has 0 bridgehead atoms. The lowest BCUT2D eigenvalue weighted by Crippen LogP contribution is -2.42. The maximum absolute atomic E-state index is 12.5. The van der Waals surface area contributed by atoms with Crippen molar-refractivity contribution < 1.29 is 19.6 Å². The van der Waals surface area contributed by atoms with Crippen LogP contribution in [0.2, 0.25) is 5.02 Å². The molecular weight excluding hydrogens is 300 g/mol. The summed E-state index contributed by atoms with van der Waals surface area (Å²) in [5.41, 5.74) is -0.312. The molecule has 1 saturated heterocycles. The van der Waals surface area contributed by atoms with Crippen molar-refractivity contribution in [2.24, 2.45) is 5.92 Å². The normalized spacial score (nSPS) is 21.3. The Morgan fingerprint density at radius 3 is 2.71 bits per heavy atom. The third-order valence-corrected chi connectivity index (χ3v) is 3.93. The minimum atomic E-state index is -1.09. The van der Waals surface area contributed by atoms with Crippen LogP contribution in [0.25, 0.3) is 0 Å². The number of likely N-dealkylation sites (tertiary alicyclic amines) is 1. The Balaban J connectivity index is 2.38. The van der Waals surface area contributed by atoms with Gasteiger partial charge in [0.1, 0.15) is 6.04 Å². The summed E-state index contributed by atoms with van der Waals surface area (Å²) in [5.74, 6) is -1.86. The van der Waals surface area contributed by atoms with E-state index in [1.807, 2.05) is 0 Å². The number of carbonyl (C=O) groups excluding carboxylic acids is 1. The first-order valence-corrected chi connectivity index (χ1v) is 6.68. The van der Waals surface area contributed by atoms with Gasteiger partial charge in [0.15, 0.2) is 0 Å². The third-order valence-electron chi connectivity index (χ3n) is 3.61.